The first kappa shape index (κ1) is 17.1. The topological polar surface area (TPSA) is 17.1 Å². The van der Waals surface area contributed by atoms with Crippen molar-refractivity contribution in [1.82, 2.24) is 0 Å². The predicted molar refractivity (Wildman–Crippen MR) is 96.2 cm³/mol. The fraction of sp³-hybridized carbons (Fsp3) is 0.450. The van der Waals surface area contributed by atoms with Gasteiger partial charge in [-0.05, 0) is 43.2 Å². The average Bonchev–Trinajstić information content (AvgIpc) is 2.51. The van der Waals surface area contributed by atoms with Crippen LogP contribution in [0.3, 0.4) is 0 Å². The van der Waals surface area contributed by atoms with Crippen LogP contribution in [0.1, 0.15) is 39.5 Å². The Morgan fingerprint density at radius 2 is 1.86 bits per heavy atom. The van der Waals surface area contributed by atoms with Crippen molar-refractivity contribution in [3.8, 4) is 0 Å². The van der Waals surface area contributed by atoms with Crippen LogP contribution in [-0.4, -0.2) is 11.0 Å². The van der Waals surface area contributed by atoms with Crippen molar-refractivity contribution >= 4 is 17.5 Å². The van der Waals surface area contributed by atoms with Crippen LogP contribution in [0.25, 0.3) is 0 Å². The van der Waals surface area contributed by atoms with Crippen molar-refractivity contribution in [2.75, 3.05) is 0 Å². The summed E-state index contributed by atoms with van der Waals surface area (Å²) in [5, 5.41) is 0.0541. The van der Waals surface area contributed by atoms with E-state index in [2.05, 4.69) is 44.7 Å². The standard InChI is InChI=1S/C20H26OS/c1-15(2)17-11-9-16(3)10-14-20(19(21)13-12-17)22-18-7-5-4-6-8-18/h4-9,11,15,17,20H,3,10,12-14H2,1-2H3/b11-9+. The molecule has 0 N–H and O–H groups in total. The second-order valence-corrected chi connectivity index (χ2v) is 7.66. The van der Waals surface area contributed by atoms with Crippen molar-refractivity contribution in [1.29, 1.82) is 0 Å². The highest BCUT2D eigenvalue weighted by Crippen LogP contribution is 2.31. The Labute approximate surface area is 138 Å². The van der Waals surface area contributed by atoms with Gasteiger partial charge in [0.25, 0.3) is 0 Å². The molecule has 0 bridgehead atoms. The zero-order valence-corrected chi connectivity index (χ0v) is 14.4. The molecule has 0 aliphatic heterocycles. The lowest BCUT2D eigenvalue weighted by atomic mass is 9.87. The quantitative estimate of drug-likeness (QED) is 0.714. The molecule has 22 heavy (non-hydrogen) atoms. The van der Waals surface area contributed by atoms with Gasteiger partial charge >= 0.3 is 0 Å². The summed E-state index contributed by atoms with van der Waals surface area (Å²) in [4.78, 5) is 13.8. The number of rotatable bonds is 3. The van der Waals surface area contributed by atoms with Gasteiger partial charge in [0.05, 0.1) is 5.25 Å². The Bertz CT molecular complexity index is 530. The highest BCUT2D eigenvalue weighted by Gasteiger charge is 2.22. The first-order valence-corrected chi connectivity index (χ1v) is 9.04. The molecule has 1 aromatic rings. The summed E-state index contributed by atoms with van der Waals surface area (Å²) in [6.07, 6.45) is 7.84. The number of carbonyl (C=O) groups is 1. The number of hydrogen-bond acceptors (Lipinski definition) is 2. The molecule has 1 nitrogen and oxygen atoms in total. The Morgan fingerprint density at radius 1 is 1.14 bits per heavy atom. The molecular formula is C20H26OS. The Balaban J connectivity index is 2.10. The molecule has 0 aromatic heterocycles. The molecule has 1 aliphatic carbocycles. The summed E-state index contributed by atoms with van der Waals surface area (Å²) in [6, 6.07) is 10.2. The summed E-state index contributed by atoms with van der Waals surface area (Å²) in [5.41, 5.74) is 1.14. The lowest BCUT2D eigenvalue weighted by Crippen LogP contribution is -2.20. The minimum Gasteiger partial charge on any atom is -0.298 e. The van der Waals surface area contributed by atoms with Gasteiger partial charge in [-0.25, -0.2) is 0 Å². The molecule has 2 atom stereocenters. The van der Waals surface area contributed by atoms with E-state index in [1.54, 1.807) is 11.8 Å². The summed E-state index contributed by atoms with van der Waals surface area (Å²) in [5.74, 6) is 1.43. The van der Waals surface area contributed by atoms with E-state index >= 15 is 0 Å². The third-order valence-corrected chi connectivity index (χ3v) is 5.60. The van der Waals surface area contributed by atoms with Crippen molar-refractivity contribution in [2.45, 2.75) is 49.7 Å². The number of benzene rings is 1. The summed E-state index contributed by atoms with van der Waals surface area (Å²) in [6.45, 7) is 8.59. The summed E-state index contributed by atoms with van der Waals surface area (Å²) >= 11 is 1.71. The van der Waals surface area contributed by atoms with E-state index in [1.165, 1.54) is 4.90 Å². The molecule has 2 unspecified atom stereocenters. The van der Waals surface area contributed by atoms with E-state index in [9.17, 15) is 4.79 Å². The van der Waals surface area contributed by atoms with Crippen LogP contribution in [0.2, 0.25) is 0 Å². The number of Topliss-reactive ketones (excluding diaryl/α,β-unsaturated/α-hetero) is 1. The number of carbonyl (C=O) groups excluding carboxylic acids is 1. The number of hydrogen-bond donors (Lipinski definition) is 0. The van der Waals surface area contributed by atoms with E-state index in [4.69, 9.17) is 0 Å². The first-order valence-electron chi connectivity index (χ1n) is 8.16. The van der Waals surface area contributed by atoms with Gasteiger partial charge in [-0.3, -0.25) is 4.79 Å². The van der Waals surface area contributed by atoms with Crippen LogP contribution in [0.4, 0.5) is 0 Å². The van der Waals surface area contributed by atoms with E-state index in [0.717, 1.165) is 24.8 Å². The second kappa shape index (κ2) is 8.38. The highest BCUT2D eigenvalue weighted by molar-refractivity contribution is 8.00. The molecule has 2 heteroatoms. The van der Waals surface area contributed by atoms with Gasteiger partial charge < -0.3 is 0 Å². The van der Waals surface area contributed by atoms with Gasteiger partial charge in [0.1, 0.15) is 5.78 Å². The molecule has 1 aromatic carbocycles. The minimum absolute atomic E-state index is 0.0541. The van der Waals surface area contributed by atoms with Gasteiger partial charge in [-0.2, -0.15) is 0 Å². The molecular weight excluding hydrogens is 288 g/mol. The van der Waals surface area contributed by atoms with Crippen molar-refractivity contribution in [2.24, 2.45) is 11.8 Å². The van der Waals surface area contributed by atoms with E-state index in [-0.39, 0.29) is 5.25 Å². The van der Waals surface area contributed by atoms with Crippen molar-refractivity contribution < 1.29 is 4.79 Å². The SMILES string of the molecule is C=C1/C=C/C(C(C)C)CCC(=O)C(Sc2ccccc2)CC1. The molecule has 0 spiro atoms. The third kappa shape index (κ3) is 5.17. The lowest BCUT2D eigenvalue weighted by Gasteiger charge is -2.21. The summed E-state index contributed by atoms with van der Waals surface area (Å²) in [7, 11) is 0. The minimum atomic E-state index is 0.0541. The Morgan fingerprint density at radius 3 is 2.55 bits per heavy atom. The molecule has 0 saturated heterocycles. The maximum Gasteiger partial charge on any atom is 0.146 e. The largest absolute Gasteiger partial charge is 0.298 e. The second-order valence-electron chi connectivity index (χ2n) is 6.39. The number of thioether (sulfide) groups is 1. The number of allylic oxidation sites excluding steroid dienone is 3. The van der Waals surface area contributed by atoms with Crippen LogP contribution in [-0.2, 0) is 4.79 Å². The molecule has 0 heterocycles. The molecule has 0 radical (unpaired) electrons. The smallest absolute Gasteiger partial charge is 0.146 e. The molecule has 2 rings (SSSR count). The molecule has 0 amide bonds. The van der Waals surface area contributed by atoms with E-state index in [1.807, 2.05) is 18.2 Å². The predicted octanol–water partition coefficient (Wildman–Crippen LogP) is 5.68. The first-order chi connectivity index (χ1) is 10.6. The monoisotopic (exact) mass is 314 g/mol. The summed E-state index contributed by atoms with van der Waals surface area (Å²) < 4.78 is 0. The molecule has 0 saturated carbocycles. The van der Waals surface area contributed by atoms with Crippen LogP contribution >= 0.6 is 11.8 Å². The van der Waals surface area contributed by atoms with E-state index < -0.39 is 0 Å². The average molecular weight is 314 g/mol. The Kier molecular flexibility index (Phi) is 6.50. The van der Waals surface area contributed by atoms with Gasteiger partial charge in [0, 0.05) is 11.3 Å². The lowest BCUT2D eigenvalue weighted by molar-refractivity contribution is -0.118. The van der Waals surface area contributed by atoms with Gasteiger partial charge in [0.15, 0.2) is 0 Å². The highest BCUT2D eigenvalue weighted by atomic mass is 32.2. The van der Waals surface area contributed by atoms with Crippen LogP contribution in [0, 0.1) is 11.8 Å². The normalized spacial score (nSPS) is 25.2. The fourth-order valence-electron chi connectivity index (χ4n) is 2.73. The number of ketones is 1. The molecule has 0 fully saturated rings. The molecule has 1 aliphatic rings. The zero-order chi connectivity index (χ0) is 15.9. The zero-order valence-electron chi connectivity index (χ0n) is 13.6. The van der Waals surface area contributed by atoms with Crippen molar-refractivity contribution in [3.05, 3.63) is 54.6 Å². The van der Waals surface area contributed by atoms with Gasteiger partial charge in [-0.15, -0.1) is 11.8 Å². The van der Waals surface area contributed by atoms with E-state index in [0.29, 0.717) is 24.0 Å². The van der Waals surface area contributed by atoms with Gasteiger partial charge in [-0.1, -0.05) is 56.4 Å². The maximum absolute atomic E-state index is 12.6. The van der Waals surface area contributed by atoms with Crippen molar-refractivity contribution in [3.63, 3.8) is 0 Å². The third-order valence-electron chi connectivity index (χ3n) is 4.27. The Hall–Kier alpha value is -1.28. The van der Waals surface area contributed by atoms with Crippen LogP contribution in [0.15, 0.2) is 59.5 Å². The molecule has 118 valence electrons. The van der Waals surface area contributed by atoms with Crippen LogP contribution in [0.5, 0.6) is 0 Å². The van der Waals surface area contributed by atoms with Gasteiger partial charge in [0.2, 0.25) is 0 Å². The van der Waals surface area contributed by atoms with Crippen LogP contribution < -0.4 is 0 Å². The fourth-order valence-corrected chi connectivity index (χ4v) is 3.86. The maximum atomic E-state index is 12.6.